The first-order valence-electron chi connectivity index (χ1n) is 8.00. The fourth-order valence-electron chi connectivity index (χ4n) is 2.40. The maximum absolute atomic E-state index is 11.2. The first kappa shape index (κ1) is 24.1. The third-order valence-electron chi connectivity index (χ3n) is 3.69. The van der Waals surface area contributed by atoms with Crippen molar-refractivity contribution >= 4 is 10.1 Å². The van der Waals surface area contributed by atoms with Crippen LogP contribution >= 0.6 is 0 Å². The molecule has 2 unspecified atom stereocenters. The Kier molecular flexibility index (Phi) is 16.6. The van der Waals surface area contributed by atoms with Gasteiger partial charge in [-0.1, -0.05) is 58.3 Å². The predicted molar refractivity (Wildman–Crippen MR) is 81.6 cm³/mol. The second kappa shape index (κ2) is 14.5. The molecule has 0 rings (SSSR count). The third-order valence-corrected chi connectivity index (χ3v) is 4.97. The van der Waals surface area contributed by atoms with E-state index in [-0.39, 0.29) is 35.7 Å². The van der Waals surface area contributed by atoms with Crippen LogP contribution < -0.4 is 29.6 Å². The molecule has 0 aliphatic heterocycles. The molecule has 21 heavy (non-hydrogen) atoms. The van der Waals surface area contributed by atoms with Crippen molar-refractivity contribution in [1.82, 2.24) is 0 Å². The Balaban J connectivity index is 0. The van der Waals surface area contributed by atoms with Crippen molar-refractivity contribution in [2.24, 2.45) is 0 Å². The van der Waals surface area contributed by atoms with Crippen LogP contribution in [0.15, 0.2) is 0 Å². The van der Waals surface area contributed by atoms with Crippen LogP contribution in [0.25, 0.3) is 0 Å². The van der Waals surface area contributed by atoms with E-state index in [1.165, 1.54) is 0 Å². The van der Waals surface area contributed by atoms with Gasteiger partial charge in [0.15, 0.2) is 0 Å². The van der Waals surface area contributed by atoms with Crippen molar-refractivity contribution in [2.75, 3.05) is 0 Å². The van der Waals surface area contributed by atoms with Crippen molar-refractivity contribution in [3.05, 3.63) is 0 Å². The second-order valence-corrected chi connectivity index (χ2v) is 7.46. The summed E-state index contributed by atoms with van der Waals surface area (Å²) in [6.45, 7) is 3.86. The number of hydrogen-bond donors (Lipinski definition) is 1. The third kappa shape index (κ3) is 15.5. The van der Waals surface area contributed by atoms with E-state index < -0.39 is 15.4 Å². The molecule has 0 bridgehead atoms. The molecule has 0 aromatic heterocycles. The first-order valence-corrected chi connectivity index (χ1v) is 9.47. The van der Waals surface area contributed by atoms with Gasteiger partial charge < -0.3 is 9.66 Å². The smallest absolute Gasteiger partial charge is 0.748 e. The van der Waals surface area contributed by atoms with Crippen LogP contribution in [0.1, 0.15) is 84.5 Å². The topological polar surface area (TPSA) is 77.4 Å². The summed E-state index contributed by atoms with van der Waals surface area (Å²) in [5.41, 5.74) is 0. The largest absolute Gasteiger partial charge is 1.00 e. The van der Waals surface area contributed by atoms with E-state index in [4.69, 9.17) is 5.11 Å². The molecule has 0 fully saturated rings. The molecule has 2 atom stereocenters. The van der Waals surface area contributed by atoms with E-state index in [0.717, 1.165) is 57.8 Å². The molecular weight excluding hydrogens is 299 g/mol. The van der Waals surface area contributed by atoms with Gasteiger partial charge in [-0.25, -0.2) is 8.42 Å². The van der Waals surface area contributed by atoms with E-state index in [0.29, 0.717) is 12.8 Å². The minimum Gasteiger partial charge on any atom is -0.748 e. The molecule has 0 aromatic carbocycles. The molecule has 0 aliphatic rings. The van der Waals surface area contributed by atoms with Crippen molar-refractivity contribution in [1.29, 1.82) is 0 Å². The van der Waals surface area contributed by atoms with E-state index in [1.54, 1.807) is 6.92 Å². The fraction of sp³-hybridized carbons (Fsp3) is 1.00. The van der Waals surface area contributed by atoms with Crippen LogP contribution in [0.4, 0.5) is 0 Å². The van der Waals surface area contributed by atoms with Gasteiger partial charge in [0, 0.05) is 5.25 Å². The maximum atomic E-state index is 11.2. The molecule has 1 N–H and O–H groups in total. The molecule has 0 aliphatic carbocycles. The van der Waals surface area contributed by atoms with Gasteiger partial charge in [0.2, 0.25) is 0 Å². The quantitative estimate of drug-likeness (QED) is 0.305. The van der Waals surface area contributed by atoms with Gasteiger partial charge in [0.25, 0.3) is 0 Å². The Hall–Kier alpha value is 0.870. The summed E-state index contributed by atoms with van der Waals surface area (Å²) >= 11 is 0. The van der Waals surface area contributed by atoms with Crippen molar-refractivity contribution < 1.29 is 47.6 Å². The summed E-state index contributed by atoms with van der Waals surface area (Å²) in [5, 5.41) is 8.43. The number of aliphatic hydroxyl groups is 1. The molecule has 0 heterocycles. The van der Waals surface area contributed by atoms with Crippen LogP contribution in [-0.4, -0.2) is 29.4 Å². The summed E-state index contributed by atoms with van der Waals surface area (Å²) in [6, 6.07) is 0. The van der Waals surface area contributed by atoms with E-state index in [9.17, 15) is 13.0 Å². The van der Waals surface area contributed by atoms with Gasteiger partial charge in [0.1, 0.15) is 0 Å². The van der Waals surface area contributed by atoms with Crippen LogP contribution in [0.3, 0.4) is 0 Å². The number of aliphatic hydroxyl groups excluding tert-OH is 1. The minimum absolute atomic E-state index is 0. The van der Waals surface area contributed by atoms with Crippen molar-refractivity contribution in [2.45, 2.75) is 95.8 Å². The van der Waals surface area contributed by atoms with Crippen LogP contribution in [0.5, 0.6) is 0 Å². The molecule has 0 aromatic rings. The standard InChI is InChI=1S/C15H32O4S.Na/c1-3-4-8-12-15(20(17,18)19)13-10-7-5-6-9-11-14(2)16;/h14-16H,3-13H2,1-2H3,(H,17,18,19);/q;+1/p-1. The van der Waals surface area contributed by atoms with Crippen LogP contribution in [0.2, 0.25) is 0 Å². The number of unbranched alkanes of at least 4 members (excludes halogenated alkanes) is 6. The molecule has 0 saturated carbocycles. The second-order valence-electron chi connectivity index (χ2n) is 5.80. The summed E-state index contributed by atoms with van der Waals surface area (Å²) in [6.07, 6.45) is 9.38. The maximum Gasteiger partial charge on any atom is 1.00 e. The normalized spacial score (nSPS) is 14.5. The number of hydrogen-bond acceptors (Lipinski definition) is 4. The SMILES string of the molecule is CCCCCC(CCCCCCCC(C)O)S(=O)(=O)[O-].[Na+]. The van der Waals surface area contributed by atoms with Gasteiger partial charge in [-0.2, -0.15) is 0 Å². The van der Waals surface area contributed by atoms with Crippen molar-refractivity contribution in [3.8, 4) is 0 Å². The Morgan fingerprint density at radius 1 is 0.905 bits per heavy atom. The molecule has 0 spiro atoms. The fourth-order valence-corrected chi connectivity index (χ4v) is 3.31. The van der Waals surface area contributed by atoms with E-state index in [1.807, 2.05) is 0 Å². The Morgan fingerprint density at radius 3 is 1.76 bits per heavy atom. The Labute approximate surface area is 153 Å². The van der Waals surface area contributed by atoms with Crippen LogP contribution in [-0.2, 0) is 10.1 Å². The van der Waals surface area contributed by atoms with Crippen molar-refractivity contribution in [3.63, 3.8) is 0 Å². The van der Waals surface area contributed by atoms with Gasteiger partial charge >= 0.3 is 29.6 Å². The van der Waals surface area contributed by atoms with E-state index >= 15 is 0 Å². The molecule has 122 valence electrons. The molecule has 0 amide bonds. The van der Waals surface area contributed by atoms with Gasteiger partial charge in [-0.05, 0) is 26.2 Å². The average Bonchev–Trinajstić information content (AvgIpc) is 2.33. The van der Waals surface area contributed by atoms with E-state index in [2.05, 4.69) is 6.92 Å². The van der Waals surface area contributed by atoms with Gasteiger partial charge in [-0.3, -0.25) is 0 Å². The first-order chi connectivity index (χ1) is 9.38. The summed E-state index contributed by atoms with van der Waals surface area (Å²) in [5.74, 6) is 0. The summed E-state index contributed by atoms with van der Waals surface area (Å²) in [7, 11) is -4.14. The zero-order valence-electron chi connectivity index (χ0n) is 14.0. The summed E-state index contributed by atoms with van der Waals surface area (Å²) in [4.78, 5) is 0. The molecule has 4 nitrogen and oxygen atoms in total. The zero-order valence-corrected chi connectivity index (χ0v) is 16.8. The van der Waals surface area contributed by atoms with Gasteiger partial charge in [-0.15, -0.1) is 0 Å². The Bertz CT molecular complexity index is 318. The summed E-state index contributed by atoms with van der Waals surface area (Å²) < 4.78 is 33.6. The monoisotopic (exact) mass is 330 g/mol. The van der Waals surface area contributed by atoms with Gasteiger partial charge in [0.05, 0.1) is 16.2 Å². The number of rotatable bonds is 13. The predicted octanol–water partition coefficient (Wildman–Crippen LogP) is 0.596. The van der Waals surface area contributed by atoms with Crippen LogP contribution in [0, 0.1) is 0 Å². The molecular formula is C15H31NaO4S. The minimum atomic E-state index is -4.14. The Morgan fingerprint density at radius 2 is 1.33 bits per heavy atom. The molecule has 6 heteroatoms. The molecule has 0 radical (unpaired) electrons. The molecule has 0 saturated heterocycles. The average molecular weight is 330 g/mol. The zero-order chi connectivity index (χ0) is 15.4.